The van der Waals surface area contributed by atoms with Crippen LogP contribution in [0, 0.1) is 22.7 Å². The number of ether oxygens (including phenoxy) is 1. The van der Waals surface area contributed by atoms with Crippen LogP contribution >= 0.6 is 15.9 Å². The van der Waals surface area contributed by atoms with Crippen LogP contribution in [0.5, 0.6) is 5.75 Å². The highest BCUT2D eigenvalue weighted by atomic mass is 79.9. The molecule has 0 N–H and O–H groups in total. The molecule has 3 rings (SSSR count). The van der Waals surface area contributed by atoms with E-state index < -0.39 is 0 Å². The van der Waals surface area contributed by atoms with Crippen molar-refractivity contribution in [2.75, 3.05) is 0 Å². The normalized spacial score (nSPS) is 17.6. The molecule has 1 unspecified atom stereocenters. The number of hydrogen-bond acceptors (Lipinski definition) is 5. The van der Waals surface area contributed by atoms with Crippen molar-refractivity contribution >= 4 is 33.2 Å². The van der Waals surface area contributed by atoms with Gasteiger partial charge in [0.2, 0.25) is 5.88 Å². The Balaban J connectivity index is 1.91. The van der Waals surface area contributed by atoms with Gasteiger partial charge in [-0.1, -0.05) is 26.0 Å². The Morgan fingerprint density at radius 2 is 2.21 bits per heavy atom. The number of fused-ring (bicyclic) bond motifs is 1. The van der Waals surface area contributed by atoms with Gasteiger partial charge in [0.05, 0.1) is 22.0 Å². The number of allylic oxidation sites excluding steroid dienone is 1. The molecule has 1 aliphatic rings. The summed E-state index contributed by atoms with van der Waals surface area (Å²) in [6.07, 6.45) is 4.05. The van der Waals surface area contributed by atoms with Crippen LogP contribution in [0.2, 0.25) is 0 Å². The minimum Gasteiger partial charge on any atom is -0.438 e. The minimum absolute atomic E-state index is 0.107. The van der Waals surface area contributed by atoms with Crippen LogP contribution in [-0.4, -0.2) is 21.2 Å². The summed E-state index contributed by atoms with van der Waals surface area (Å²) < 4.78 is 8.45. The number of nitriles is 1. The Bertz CT molecular complexity index is 869. The summed E-state index contributed by atoms with van der Waals surface area (Å²) in [6, 6.07) is 6.01. The molecule has 6 nitrogen and oxygen atoms in total. The second-order valence-corrected chi connectivity index (χ2v) is 7.74. The van der Waals surface area contributed by atoms with Crippen molar-refractivity contribution in [2.24, 2.45) is 16.3 Å². The lowest BCUT2D eigenvalue weighted by Gasteiger charge is -2.18. The van der Waals surface area contributed by atoms with E-state index in [1.165, 1.54) is 0 Å². The monoisotopic (exact) mass is 387 g/mol. The molecule has 0 aliphatic carbocycles. The molecule has 1 aromatic heterocycles. The van der Waals surface area contributed by atoms with E-state index >= 15 is 0 Å². The van der Waals surface area contributed by atoms with E-state index in [0.29, 0.717) is 18.1 Å². The van der Waals surface area contributed by atoms with E-state index in [9.17, 15) is 0 Å². The fourth-order valence-corrected chi connectivity index (χ4v) is 2.93. The zero-order valence-corrected chi connectivity index (χ0v) is 15.4. The SMILES string of the molecule is CC(C)(C)Cn1nnc2c(Br)c(OC3=CC(C#N)CC=N3)ccc21. The number of benzene rings is 1. The second-order valence-electron chi connectivity index (χ2n) is 6.94. The van der Waals surface area contributed by atoms with E-state index in [-0.39, 0.29) is 11.3 Å². The van der Waals surface area contributed by atoms with Crippen molar-refractivity contribution in [2.45, 2.75) is 33.7 Å². The highest BCUT2D eigenvalue weighted by molar-refractivity contribution is 9.10. The third kappa shape index (κ3) is 3.49. The number of halogens is 1. The molecule has 2 aromatic rings. The van der Waals surface area contributed by atoms with Crippen LogP contribution in [-0.2, 0) is 6.54 Å². The van der Waals surface area contributed by atoms with Crippen LogP contribution in [0.15, 0.2) is 33.6 Å². The van der Waals surface area contributed by atoms with Gasteiger partial charge < -0.3 is 4.74 Å². The first kappa shape index (κ1) is 16.7. The molecule has 1 aliphatic heterocycles. The summed E-state index contributed by atoms with van der Waals surface area (Å²) in [5.74, 6) is 0.829. The van der Waals surface area contributed by atoms with Crippen molar-refractivity contribution in [3.63, 3.8) is 0 Å². The largest absolute Gasteiger partial charge is 0.438 e. The molecule has 0 bridgehead atoms. The molecule has 0 spiro atoms. The van der Waals surface area contributed by atoms with E-state index in [1.54, 1.807) is 12.3 Å². The van der Waals surface area contributed by atoms with Gasteiger partial charge in [-0.05, 0) is 39.6 Å². The molecule has 1 aromatic carbocycles. The lowest BCUT2D eigenvalue weighted by molar-refractivity contribution is 0.327. The van der Waals surface area contributed by atoms with Crippen LogP contribution in [0.3, 0.4) is 0 Å². The van der Waals surface area contributed by atoms with Gasteiger partial charge in [-0.3, -0.25) is 0 Å². The molecule has 7 heteroatoms. The first-order valence-electron chi connectivity index (χ1n) is 7.71. The Labute approximate surface area is 148 Å². The fourth-order valence-electron chi connectivity index (χ4n) is 2.43. The van der Waals surface area contributed by atoms with Crippen molar-refractivity contribution in [3.8, 4) is 11.8 Å². The lowest BCUT2D eigenvalue weighted by atomic mass is 9.97. The first-order chi connectivity index (χ1) is 11.4. The third-order valence-corrected chi connectivity index (χ3v) is 4.28. The molecule has 0 saturated carbocycles. The Morgan fingerprint density at radius 1 is 1.42 bits per heavy atom. The van der Waals surface area contributed by atoms with Crippen molar-refractivity contribution < 1.29 is 4.74 Å². The predicted molar refractivity (Wildman–Crippen MR) is 95.6 cm³/mol. The van der Waals surface area contributed by atoms with E-state index in [2.05, 4.69) is 58.1 Å². The Morgan fingerprint density at radius 3 is 2.92 bits per heavy atom. The van der Waals surface area contributed by atoms with Crippen LogP contribution in [0.4, 0.5) is 0 Å². The standard InChI is InChI=1S/C17H18BrN5O/c1-17(2,3)10-23-12-4-5-13(15(18)16(12)21-22-23)24-14-8-11(9-19)6-7-20-14/h4-5,7-8,11H,6,10H2,1-3H3. The fraction of sp³-hybridized carbons (Fsp3) is 0.412. The van der Waals surface area contributed by atoms with Crippen molar-refractivity contribution in [3.05, 3.63) is 28.6 Å². The lowest BCUT2D eigenvalue weighted by Crippen LogP contribution is -2.16. The number of aliphatic imine (C=N–C) groups is 1. The average Bonchev–Trinajstić information content (AvgIpc) is 2.92. The molecule has 24 heavy (non-hydrogen) atoms. The molecular weight excluding hydrogens is 370 g/mol. The number of rotatable bonds is 3. The van der Waals surface area contributed by atoms with Gasteiger partial charge in [-0.15, -0.1) is 5.10 Å². The number of hydrogen-bond donors (Lipinski definition) is 0. The van der Waals surface area contributed by atoms with Gasteiger partial charge in [-0.2, -0.15) is 5.26 Å². The van der Waals surface area contributed by atoms with Gasteiger partial charge in [0, 0.05) is 19.2 Å². The molecule has 0 amide bonds. The Hall–Kier alpha value is -2.20. The first-order valence-corrected chi connectivity index (χ1v) is 8.50. The highest BCUT2D eigenvalue weighted by Gasteiger charge is 2.18. The summed E-state index contributed by atoms with van der Waals surface area (Å²) in [5.41, 5.74) is 1.80. The minimum atomic E-state index is -0.201. The summed E-state index contributed by atoms with van der Waals surface area (Å²) in [6.45, 7) is 7.25. The van der Waals surface area contributed by atoms with E-state index in [4.69, 9.17) is 10.00 Å². The number of aromatic nitrogens is 3. The molecule has 0 saturated heterocycles. The van der Waals surface area contributed by atoms with Gasteiger partial charge in [0.1, 0.15) is 11.3 Å². The van der Waals surface area contributed by atoms with E-state index in [1.807, 2.05) is 16.8 Å². The third-order valence-electron chi connectivity index (χ3n) is 3.52. The predicted octanol–water partition coefficient (Wildman–Crippen LogP) is 4.07. The van der Waals surface area contributed by atoms with Crippen molar-refractivity contribution in [1.29, 1.82) is 5.26 Å². The molecular formula is C17H18BrN5O. The average molecular weight is 388 g/mol. The summed E-state index contributed by atoms with van der Waals surface area (Å²) in [5, 5.41) is 17.5. The molecule has 0 radical (unpaired) electrons. The molecule has 124 valence electrons. The smallest absolute Gasteiger partial charge is 0.216 e. The van der Waals surface area contributed by atoms with Gasteiger partial charge in [0.15, 0.2) is 0 Å². The highest BCUT2D eigenvalue weighted by Crippen LogP contribution is 2.34. The maximum absolute atomic E-state index is 9.02. The quantitative estimate of drug-likeness (QED) is 0.794. The number of nitrogens with zero attached hydrogens (tertiary/aromatic N) is 5. The van der Waals surface area contributed by atoms with Gasteiger partial charge >= 0.3 is 0 Å². The van der Waals surface area contributed by atoms with Crippen LogP contribution < -0.4 is 4.74 Å². The summed E-state index contributed by atoms with van der Waals surface area (Å²) in [4.78, 5) is 4.20. The second kappa shape index (κ2) is 6.36. The maximum Gasteiger partial charge on any atom is 0.216 e. The van der Waals surface area contributed by atoms with Crippen LogP contribution in [0.1, 0.15) is 27.2 Å². The summed E-state index contributed by atoms with van der Waals surface area (Å²) in [7, 11) is 0. The zero-order chi connectivity index (χ0) is 17.3. The topological polar surface area (TPSA) is 76.1 Å². The zero-order valence-electron chi connectivity index (χ0n) is 13.8. The van der Waals surface area contributed by atoms with Crippen LogP contribution in [0.25, 0.3) is 11.0 Å². The molecule has 2 heterocycles. The Kier molecular flexibility index (Phi) is 4.41. The summed E-state index contributed by atoms with van der Waals surface area (Å²) >= 11 is 3.55. The molecule has 0 fully saturated rings. The van der Waals surface area contributed by atoms with Gasteiger partial charge in [-0.25, -0.2) is 9.67 Å². The van der Waals surface area contributed by atoms with Crippen molar-refractivity contribution in [1.82, 2.24) is 15.0 Å². The van der Waals surface area contributed by atoms with Gasteiger partial charge in [0.25, 0.3) is 0 Å². The van der Waals surface area contributed by atoms with E-state index in [0.717, 1.165) is 22.1 Å². The maximum atomic E-state index is 9.02. The molecule has 1 atom stereocenters.